The minimum absolute atomic E-state index is 0.579. The van der Waals surface area contributed by atoms with Crippen molar-refractivity contribution < 1.29 is 0 Å². The Morgan fingerprint density at radius 1 is 1.02 bits per heavy atom. The van der Waals surface area contributed by atoms with Crippen LogP contribution >= 0.6 is 0 Å². The van der Waals surface area contributed by atoms with Crippen molar-refractivity contribution in [2.24, 2.45) is 52.3 Å². The van der Waals surface area contributed by atoms with Crippen LogP contribution in [0, 0.1) is 52.3 Å². The second kappa shape index (κ2) is 13.0. The van der Waals surface area contributed by atoms with Crippen molar-refractivity contribution in [1.29, 1.82) is 0 Å². The second-order valence-corrected chi connectivity index (χ2v) is 15.5. The van der Waals surface area contributed by atoms with Crippen molar-refractivity contribution in [2.45, 2.75) is 124 Å². The number of rotatable bonds is 12. The summed E-state index contributed by atoms with van der Waals surface area (Å²) in [6.07, 6.45) is 18.7. The Labute approximate surface area is 247 Å². The number of fused-ring (bicyclic) bond motifs is 5. The van der Waals surface area contributed by atoms with Crippen LogP contribution in [0.1, 0.15) is 117 Å². The molecule has 2 N–H and O–H groups in total. The highest BCUT2D eigenvalue weighted by Gasteiger charge is 2.62. The van der Waals surface area contributed by atoms with E-state index in [1.54, 1.807) is 0 Å². The van der Waals surface area contributed by atoms with Crippen LogP contribution in [0.3, 0.4) is 0 Å². The molecule has 1 aromatic rings. The lowest BCUT2D eigenvalue weighted by Crippen LogP contribution is -2.57. The number of nitrogens with one attached hydrogen (secondary N) is 2. The summed E-state index contributed by atoms with van der Waals surface area (Å²) in [7, 11) is 0. The van der Waals surface area contributed by atoms with E-state index in [-0.39, 0.29) is 0 Å². The molecule has 1 heterocycles. The monoisotopic (exact) mass is 547 g/mol. The summed E-state index contributed by atoms with van der Waals surface area (Å²) in [5, 5.41) is 7.56. The Morgan fingerprint density at radius 3 is 2.58 bits per heavy atom. The minimum Gasteiger partial charge on any atom is -0.314 e. The fourth-order valence-corrected chi connectivity index (χ4v) is 10.9. The molecule has 4 saturated carbocycles. The van der Waals surface area contributed by atoms with Gasteiger partial charge in [0.1, 0.15) is 0 Å². The molecule has 0 saturated heterocycles. The van der Waals surface area contributed by atoms with Gasteiger partial charge in [0.15, 0.2) is 0 Å². The van der Waals surface area contributed by atoms with E-state index in [9.17, 15) is 0 Å². The van der Waals surface area contributed by atoms with E-state index in [4.69, 9.17) is 0 Å². The number of pyridine rings is 1. The zero-order valence-corrected chi connectivity index (χ0v) is 26.7. The number of hydrogen-bond donors (Lipinski definition) is 2. The lowest BCUT2D eigenvalue weighted by Gasteiger charge is -2.63. The van der Waals surface area contributed by atoms with Crippen molar-refractivity contribution in [3.8, 4) is 0 Å². The zero-order valence-electron chi connectivity index (χ0n) is 26.7. The van der Waals surface area contributed by atoms with Crippen LogP contribution in [-0.2, 0) is 6.54 Å². The number of unbranched alkanes of at least 4 members (excludes halogenated alkanes) is 1. The normalized spacial score (nSPS) is 39.7. The molecule has 10 atom stereocenters. The molecule has 0 radical (unpaired) electrons. The fourth-order valence-electron chi connectivity index (χ4n) is 10.9. The van der Waals surface area contributed by atoms with Gasteiger partial charge < -0.3 is 10.6 Å². The minimum atomic E-state index is 0.579. The molecule has 40 heavy (non-hydrogen) atoms. The Morgan fingerprint density at radius 2 is 1.80 bits per heavy atom. The Bertz CT molecular complexity index is 959. The molecular weight excluding hydrogens is 486 g/mol. The molecule has 3 nitrogen and oxygen atoms in total. The first-order valence-electron chi connectivity index (χ1n) is 17.2. The molecular formula is C37H61N3. The van der Waals surface area contributed by atoms with Gasteiger partial charge in [0.05, 0.1) is 5.69 Å². The van der Waals surface area contributed by atoms with Gasteiger partial charge in [-0.25, -0.2) is 0 Å². The Hall–Kier alpha value is -1.19. The van der Waals surface area contributed by atoms with Gasteiger partial charge in [-0.05, 0) is 161 Å². The third kappa shape index (κ3) is 6.26. The maximum absolute atomic E-state index is 4.41. The van der Waals surface area contributed by atoms with Crippen molar-refractivity contribution in [3.05, 3.63) is 42.2 Å². The number of allylic oxidation sites excluding steroid dienone is 1. The summed E-state index contributed by atoms with van der Waals surface area (Å²) in [6.45, 7) is 20.3. The third-order valence-corrected chi connectivity index (χ3v) is 13.1. The number of aromatic nitrogens is 1. The first kappa shape index (κ1) is 30.3. The molecule has 0 amide bonds. The summed E-state index contributed by atoms with van der Waals surface area (Å²) in [5.74, 6) is 6.52. The molecule has 4 aliphatic rings. The van der Waals surface area contributed by atoms with E-state index in [0.717, 1.165) is 66.3 Å². The average Bonchev–Trinajstić information content (AvgIpc) is 3.29. The van der Waals surface area contributed by atoms with Crippen molar-refractivity contribution in [1.82, 2.24) is 15.6 Å². The van der Waals surface area contributed by atoms with Crippen LogP contribution in [0.4, 0.5) is 0 Å². The molecule has 0 spiro atoms. The van der Waals surface area contributed by atoms with Crippen LogP contribution in [0.25, 0.3) is 0 Å². The molecule has 3 heteroatoms. The highest BCUT2D eigenvalue weighted by molar-refractivity contribution is 5.11. The van der Waals surface area contributed by atoms with Gasteiger partial charge in [0.2, 0.25) is 0 Å². The number of nitrogens with zero attached hydrogens (tertiary/aromatic N) is 1. The maximum Gasteiger partial charge on any atom is 0.0541 e. The molecule has 224 valence electrons. The lowest BCUT2D eigenvalue weighted by molar-refractivity contribution is -0.140. The van der Waals surface area contributed by atoms with E-state index in [0.29, 0.717) is 10.8 Å². The Kier molecular flexibility index (Phi) is 9.83. The van der Waals surface area contributed by atoms with Gasteiger partial charge in [0.25, 0.3) is 0 Å². The smallest absolute Gasteiger partial charge is 0.0541 e. The zero-order chi connectivity index (χ0) is 28.3. The predicted molar refractivity (Wildman–Crippen MR) is 170 cm³/mol. The summed E-state index contributed by atoms with van der Waals surface area (Å²) in [4.78, 5) is 4.41. The predicted octanol–water partition coefficient (Wildman–Crippen LogP) is 8.81. The van der Waals surface area contributed by atoms with Gasteiger partial charge in [-0.2, -0.15) is 0 Å². The quantitative estimate of drug-likeness (QED) is 0.203. The number of hydrogen-bond acceptors (Lipinski definition) is 3. The summed E-state index contributed by atoms with van der Waals surface area (Å²) < 4.78 is 0. The van der Waals surface area contributed by atoms with Gasteiger partial charge in [0, 0.05) is 18.8 Å². The molecule has 5 rings (SSSR count). The molecule has 0 aliphatic heterocycles. The first-order chi connectivity index (χ1) is 19.2. The SMILES string of the molecule is C=C(C)CCC(C)C1CCC2C3C(C)CC4CC(NCCCCNCc5ccccn5)CCC4(C)C3CCC12C. The molecule has 4 fully saturated rings. The van der Waals surface area contributed by atoms with E-state index in [1.165, 1.54) is 89.2 Å². The van der Waals surface area contributed by atoms with E-state index in [2.05, 4.69) is 68.9 Å². The molecule has 0 aromatic carbocycles. The van der Waals surface area contributed by atoms with Gasteiger partial charge in [-0.15, -0.1) is 6.58 Å². The van der Waals surface area contributed by atoms with Crippen LogP contribution < -0.4 is 10.6 Å². The highest BCUT2D eigenvalue weighted by Crippen LogP contribution is 2.69. The van der Waals surface area contributed by atoms with Gasteiger partial charge in [-0.3, -0.25) is 4.98 Å². The largest absolute Gasteiger partial charge is 0.314 e. The van der Waals surface area contributed by atoms with Gasteiger partial charge in [-0.1, -0.05) is 39.3 Å². The van der Waals surface area contributed by atoms with E-state index in [1.807, 2.05) is 12.3 Å². The molecule has 0 bridgehead atoms. The van der Waals surface area contributed by atoms with Gasteiger partial charge >= 0.3 is 0 Å². The van der Waals surface area contributed by atoms with Crippen molar-refractivity contribution in [2.75, 3.05) is 13.1 Å². The molecule has 1 aromatic heterocycles. The molecule has 4 aliphatic carbocycles. The van der Waals surface area contributed by atoms with Crippen molar-refractivity contribution >= 4 is 0 Å². The lowest BCUT2D eigenvalue weighted by atomic mass is 9.42. The summed E-state index contributed by atoms with van der Waals surface area (Å²) >= 11 is 0. The van der Waals surface area contributed by atoms with Crippen LogP contribution in [0.5, 0.6) is 0 Å². The van der Waals surface area contributed by atoms with Crippen LogP contribution in [-0.4, -0.2) is 24.1 Å². The van der Waals surface area contributed by atoms with Crippen LogP contribution in [0.2, 0.25) is 0 Å². The summed E-state index contributed by atoms with van der Waals surface area (Å²) in [6, 6.07) is 6.89. The highest BCUT2D eigenvalue weighted by atomic mass is 14.9. The van der Waals surface area contributed by atoms with Crippen LogP contribution in [0.15, 0.2) is 36.5 Å². The van der Waals surface area contributed by atoms with E-state index >= 15 is 0 Å². The standard InChI is InChI=1S/C37H61N3/c1-26(2)12-13-27(3)32-14-15-33-35-28(4)23-29-24-30(16-18-36(29,5)34(35)17-19-37(32,33)6)39-22-10-9-20-38-25-31-11-7-8-21-40-31/h7-8,11,21,27-30,32-35,38-39H,1,9-10,12-20,22-25H2,2-6H3. The Balaban J connectivity index is 1.10. The van der Waals surface area contributed by atoms with Crippen molar-refractivity contribution in [3.63, 3.8) is 0 Å². The first-order valence-corrected chi connectivity index (χ1v) is 17.2. The molecule has 10 unspecified atom stereocenters. The summed E-state index contributed by atoms with van der Waals surface area (Å²) in [5.41, 5.74) is 3.67. The average molecular weight is 548 g/mol. The topological polar surface area (TPSA) is 37.0 Å². The second-order valence-electron chi connectivity index (χ2n) is 15.5. The third-order valence-electron chi connectivity index (χ3n) is 13.1. The van der Waals surface area contributed by atoms with E-state index < -0.39 is 0 Å². The maximum atomic E-state index is 4.41. The fraction of sp³-hybridized carbons (Fsp3) is 0.811.